The normalized spacial score (nSPS) is 13.4. The molecule has 0 aliphatic heterocycles. The average molecular weight is 214 g/mol. The van der Waals surface area contributed by atoms with Gasteiger partial charge in [0.15, 0.2) is 6.17 Å². The van der Waals surface area contributed by atoms with Crippen molar-refractivity contribution in [2.45, 2.75) is 6.17 Å². The topological polar surface area (TPSA) is 39.2 Å². The van der Waals surface area contributed by atoms with E-state index in [2.05, 4.69) is 0 Å². The van der Waals surface area contributed by atoms with E-state index in [9.17, 15) is 4.39 Å². The Hall–Kier alpha value is -1.06. The number of rotatable bonds is 2. The third-order valence-corrected chi connectivity index (χ3v) is 2.25. The van der Waals surface area contributed by atoms with Crippen LogP contribution in [0.2, 0.25) is 5.02 Å². The van der Waals surface area contributed by atoms with Gasteiger partial charge >= 0.3 is 0 Å². The van der Waals surface area contributed by atoms with E-state index in [0.29, 0.717) is 10.6 Å². The van der Waals surface area contributed by atoms with Gasteiger partial charge in [0.2, 0.25) is 0 Å². The monoisotopic (exact) mass is 213 g/mol. The van der Waals surface area contributed by atoms with Crippen LogP contribution in [0, 0.1) is 0 Å². The molecule has 0 amide bonds. The van der Waals surface area contributed by atoms with E-state index in [1.165, 1.54) is 0 Å². The fourth-order valence-electron chi connectivity index (χ4n) is 1.31. The standard InChI is InChI=1S/C10H9ClFNO/c11-7-1-2-9-6(3-7)4-10(14-9)8(12)5-13/h1-4,8H,5,13H2. The molecule has 0 saturated carbocycles. The van der Waals surface area contributed by atoms with E-state index < -0.39 is 6.17 Å². The molecule has 2 rings (SSSR count). The van der Waals surface area contributed by atoms with Gasteiger partial charge in [-0.1, -0.05) is 11.6 Å². The molecular weight excluding hydrogens is 205 g/mol. The highest BCUT2D eigenvalue weighted by Gasteiger charge is 2.13. The number of fused-ring (bicyclic) bond motifs is 1. The van der Waals surface area contributed by atoms with Crippen molar-refractivity contribution in [1.82, 2.24) is 0 Å². The second-order valence-electron chi connectivity index (χ2n) is 3.03. The van der Waals surface area contributed by atoms with Gasteiger partial charge in [-0.05, 0) is 24.3 Å². The quantitative estimate of drug-likeness (QED) is 0.833. The summed E-state index contributed by atoms with van der Waals surface area (Å²) in [4.78, 5) is 0. The predicted octanol–water partition coefficient (Wildman–Crippen LogP) is 3.06. The van der Waals surface area contributed by atoms with Crippen LogP contribution in [-0.4, -0.2) is 6.54 Å². The zero-order chi connectivity index (χ0) is 10.1. The molecule has 14 heavy (non-hydrogen) atoms. The summed E-state index contributed by atoms with van der Waals surface area (Å²) in [5, 5.41) is 1.40. The van der Waals surface area contributed by atoms with Gasteiger partial charge in [-0.2, -0.15) is 0 Å². The highest BCUT2D eigenvalue weighted by Crippen LogP contribution is 2.27. The van der Waals surface area contributed by atoms with Crippen LogP contribution >= 0.6 is 11.6 Å². The Kier molecular flexibility index (Phi) is 2.44. The summed E-state index contributed by atoms with van der Waals surface area (Å²) in [7, 11) is 0. The maximum atomic E-state index is 13.2. The van der Waals surface area contributed by atoms with Crippen molar-refractivity contribution in [2.24, 2.45) is 5.73 Å². The van der Waals surface area contributed by atoms with E-state index in [0.717, 1.165) is 5.39 Å². The summed E-state index contributed by atoms with van der Waals surface area (Å²) in [6, 6.07) is 6.77. The lowest BCUT2D eigenvalue weighted by molar-refractivity contribution is 0.301. The summed E-state index contributed by atoms with van der Waals surface area (Å²) < 4.78 is 18.4. The Labute approximate surface area is 85.4 Å². The highest BCUT2D eigenvalue weighted by molar-refractivity contribution is 6.31. The van der Waals surface area contributed by atoms with Crippen molar-refractivity contribution in [2.75, 3.05) is 6.54 Å². The van der Waals surface area contributed by atoms with Crippen LogP contribution < -0.4 is 5.73 Å². The molecule has 0 radical (unpaired) electrons. The molecule has 2 aromatic rings. The minimum absolute atomic E-state index is 0.0758. The molecule has 1 heterocycles. The van der Waals surface area contributed by atoms with E-state index in [1.807, 2.05) is 0 Å². The van der Waals surface area contributed by atoms with Crippen molar-refractivity contribution in [3.8, 4) is 0 Å². The molecule has 1 aromatic heterocycles. The number of benzene rings is 1. The Balaban J connectivity index is 2.51. The molecule has 2 N–H and O–H groups in total. The number of hydrogen-bond donors (Lipinski definition) is 1. The maximum Gasteiger partial charge on any atom is 0.170 e. The zero-order valence-corrected chi connectivity index (χ0v) is 8.09. The van der Waals surface area contributed by atoms with Gasteiger partial charge in [-0.25, -0.2) is 4.39 Å². The Morgan fingerprint density at radius 1 is 1.43 bits per heavy atom. The van der Waals surface area contributed by atoms with Crippen LogP contribution in [-0.2, 0) is 0 Å². The van der Waals surface area contributed by atoms with Gasteiger partial charge in [0.05, 0.1) is 0 Å². The van der Waals surface area contributed by atoms with Gasteiger partial charge in [-0.15, -0.1) is 0 Å². The first kappa shape index (κ1) is 9.49. The smallest absolute Gasteiger partial charge is 0.170 e. The van der Waals surface area contributed by atoms with Crippen LogP contribution in [0.3, 0.4) is 0 Å². The first-order chi connectivity index (χ1) is 6.70. The second kappa shape index (κ2) is 3.59. The SMILES string of the molecule is NCC(F)c1cc2cc(Cl)ccc2o1. The van der Waals surface area contributed by atoms with Crippen molar-refractivity contribution in [1.29, 1.82) is 0 Å². The summed E-state index contributed by atoms with van der Waals surface area (Å²) in [5.74, 6) is 0.254. The fourth-order valence-corrected chi connectivity index (χ4v) is 1.49. The molecule has 0 bridgehead atoms. The number of nitrogens with two attached hydrogens (primary N) is 1. The number of hydrogen-bond acceptors (Lipinski definition) is 2. The Morgan fingerprint density at radius 2 is 2.21 bits per heavy atom. The largest absolute Gasteiger partial charge is 0.458 e. The van der Waals surface area contributed by atoms with E-state index >= 15 is 0 Å². The molecule has 0 aliphatic carbocycles. The summed E-state index contributed by atoms with van der Waals surface area (Å²) in [6.07, 6.45) is -1.25. The molecule has 1 aromatic carbocycles. The number of alkyl halides is 1. The lowest BCUT2D eigenvalue weighted by Gasteiger charge is -1.97. The second-order valence-corrected chi connectivity index (χ2v) is 3.47. The van der Waals surface area contributed by atoms with Crippen molar-refractivity contribution < 1.29 is 8.81 Å². The van der Waals surface area contributed by atoms with Gasteiger partial charge in [0.1, 0.15) is 11.3 Å². The molecule has 0 saturated heterocycles. The van der Waals surface area contributed by atoms with Crippen LogP contribution in [0.1, 0.15) is 11.9 Å². The lowest BCUT2D eigenvalue weighted by atomic mass is 10.2. The minimum atomic E-state index is -1.25. The summed E-state index contributed by atoms with van der Waals surface area (Å²) >= 11 is 5.78. The lowest BCUT2D eigenvalue weighted by Crippen LogP contribution is -2.06. The number of halogens is 2. The van der Waals surface area contributed by atoms with Crippen LogP contribution in [0.15, 0.2) is 28.7 Å². The zero-order valence-electron chi connectivity index (χ0n) is 7.34. The molecular formula is C10H9ClFNO. The van der Waals surface area contributed by atoms with Crippen molar-refractivity contribution in [3.05, 3.63) is 35.0 Å². The Morgan fingerprint density at radius 3 is 2.93 bits per heavy atom. The first-order valence-electron chi connectivity index (χ1n) is 4.24. The Bertz CT molecular complexity index is 454. The average Bonchev–Trinajstić information content (AvgIpc) is 2.59. The van der Waals surface area contributed by atoms with E-state index in [-0.39, 0.29) is 12.3 Å². The molecule has 0 spiro atoms. The minimum Gasteiger partial charge on any atom is -0.458 e. The van der Waals surface area contributed by atoms with Gasteiger partial charge in [0.25, 0.3) is 0 Å². The molecule has 4 heteroatoms. The van der Waals surface area contributed by atoms with Crippen LogP contribution in [0.25, 0.3) is 11.0 Å². The van der Waals surface area contributed by atoms with Crippen molar-refractivity contribution >= 4 is 22.6 Å². The summed E-state index contributed by atoms with van der Waals surface area (Å²) in [5.41, 5.74) is 5.82. The maximum absolute atomic E-state index is 13.2. The predicted molar refractivity (Wildman–Crippen MR) is 54.1 cm³/mol. The number of furan rings is 1. The van der Waals surface area contributed by atoms with Crippen LogP contribution in [0.5, 0.6) is 0 Å². The molecule has 2 nitrogen and oxygen atoms in total. The van der Waals surface area contributed by atoms with Gasteiger partial charge in [-0.3, -0.25) is 0 Å². The summed E-state index contributed by atoms with van der Waals surface area (Å²) in [6.45, 7) is -0.0758. The molecule has 1 unspecified atom stereocenters. The molecule has 0 aliphatic rings. The highest BCUT2D eigenvalue weighted by atomic mass is 35.5. The van der Waals surface area contributed by atoms with E-state index in [1.54, 1.807) is 24.3 Å². The van der Waals surface area contributed by atoms with Crippen LogP contribution in [0.4, 0.5) is 4.39 Å². The van der Waals surface area contributed by atoms with E-state index in [4.69, 9.17) is 21.8 Å². The first-order valence-corrected chi connectivity index (χ1v) is 4.61. The molecule has 1 atom stereocenters. The molecule has 0 fully saturated rings. The fraction of sp³-hybridized carbons (Fsp3) is 0.200. The third kappa shape index (κ3) is 1.61. The molecule has 74 valence electrons. The van der Waals surface area contributed by atoms with Crippen molar-refractivity contribution in [3.63, 3.8) is 0 Å². The third-order valence-electron chi connectivity index (χ3n) is 2.01. The van der Waals surface area contributed by atoms with Gasteiger partial charge < -0.3 is 10.2 Å². The van der Waals surface area contributed by atoms with Gasteiger partial charge in [0, 0.05) is 17.0 Å².